The summed E-state index contributed by atoms with van der Waals surface area (Å²) in [6.07, 6.45) is 12.4. The molecule has 0 aromatic rings. The summed E-state index contributed by atoms with van der Waals surface area (Å²) in [5, 5.41) is 12.2. The van der Waals surface area contributed by atoms with E-state index in [2.05, 4.69) is 53.9 Å². The number of nitrogens with one attached hydrogen (secondary N) is 4. The number of likely N-dealkylation sites (tertiary alicyclic amines) is 2. The first-order chi connectivity index (χ1) is 26.2. The number of amides is 5. The lowest BCUT2D eigenvalue weighted by Gasteiger charge is -2.49. The highest BCUT2D eigenvalue weighted by atomic mass is 16.2. The van der Waals surface area contributed by atoms with Crippen LogP contribution >= 0.6 is 0 Å². The number of hydrogen-bond donors (Lipinski definition) is 4. The predicted octanol–water partition coefficient (Wildman–Crippen LogP) is 4.78. The van der Waals surface area contributed by atoms with Gasteiger partial charge in [-0.1, -0.05) is 87.5 Å². The summed E-state index contributed by atoms with van der Waals surface area (Å²) in [6, 6.07) is -3.15. The number of ketones is 1. The molecule has 4 aliphatic carbocycles. The number of carbonyl (C=O) groups excluding carboxylic acids is 6. The highest BCUT2D eigenvalue weighted by Crippen LogP contribution is 2.88. The van der Waals surface area contributed by atoms with Crippen LogP contribution in [-0.4, -0.2) is 101 Å². The van der Waals surface area contributed by atoms with Gasteiger partial charge in [0.25, 0.3) is 5.91 Å². The molecule has 6 fully saturated rings. The minimum atomic E-state index is -1.29. The third-order valence-corrected chi connectivity index (χ3v) is 16.2. The Bertz CT molecular complexity index is 1570. The van der Waals surface area contributed by atoms with Crippen molar-refractivity contribution in [2.24, 2.45) is 27.1 Å². The second-order valence-corrected chi connectivity index (χ2v) is 20.6. The Morgan fingerprint density at radius 1 is 0.768 bits per heavy atom. The van der Waals surface area contributed by atoms with Crippen molar-refractivity contribution in [1.29, 1.82) is 0 Å². The lowest BCUT2D eigenvalue weighted by molar-refractivity contribution is -0.148. The quantitative estimate of drug-likeness (QED) is 0.185. The van der Waals surface area contributed by atoms with E-state index in [4.69, 9.17) is 0 Å². The van der Waals surface area contributed by atoms with Crippen LogP contribution in [0.1, 0.15) is 159 Å². The fourth-order valence-corrected chi connectivity index (χ4v) is 11.8. The van der Waals surface area contributed by atoms with E-state index in [9.17, 15) is 19.2 Å². The predicted molar refractivity (Wildman–Crippen MR) is 215 cm³/mol. The molecule has 0 aromatic carbocycles. The molecule has 5 amide bonds. The van der Waals surface area contributed by atoms with Crippen molar-refractivity contribution in [2.75, 3.05) is 19.6 Å². The van der Waals surface area contributed by atoms with Crippen molar-refractivity contribution in [3.8, 4) is 0 Å². The molecule has 314 valence electrons. The van der Waals surface area contributed by atoms with Gasteiger partial charge >= 0.3 is 0 Å². The van der Waals surface area contributed by atoms with Crippen LogP contribution in [0.25, 0.3) is 0 Å². The van der Waals surface area contributed by atoms with Gasteiger partial charge in [0, 0.05) is 18.0 Å². The van der Waals surface area contributed by atoms with E-state index in [1.54, 1.807) is 4.90 Å². The molecule has 0 bridgehead atoms. The van der Waals surface area contributed by atoms with Crippen LogP contribution in [0.2, 0.25) is 0 Å². The monoisotopic (exact) mass is 781 g/mol. The van der Waals surface area contributed by atoms with Crippen molar-refractivity contribution in [3.63, 3.8) is 0 Å². The average Bonchev–Trinajstić information content (AvgIpc) is 3.80. The van der Waals surface area contributed by atoms with Gasteiger partial charge in [-0.15, -0.1) is 0 Å². The van der Waals surface area contributed by atoms with Crippen LogP contribution < -0.4 is 21.3 Å². The molecule has 4 saturated carbocycles. The van der Waals surface area contributed by atoms with Crippen molar-refractivity contribution in [1.82, 2.24) is 31.1 Å². The van der Waals surface area contributed by atoms with Crippen LogP contribution in [0.15, 0.2) is 0 Å². The topological polar surface area (TPSA) is 157 Å². The molecule has 0 aromatic heterocycles. The molecule has 2 saturated heterocycles. The first-order valence-electron chi connectivity index (χ1n) is 22.0. The Morgan fingerprint density at radius 2 is 1.43 bits per heavy atom. The van der Waals surface area contributed by atoms with Gasteiger partial charge in [-0.25, -0.2) is 0 Å². The summed E-state index contributed by atoms with van der Waals surface area (Å²) < 4.78 is 0. The number of hydrogen-bond acceptors (Lipinski definition) is 7. The first kappa shape index (κ1) is 42.6. The van der Waals surface area contributed by atoms with Gasteiger partial charge in [0.2, 0.25) is 29.4 Å². The molecule has 0 radical (unpaired) electrons. The Hall–Kier alpha value is -3.02. The maximum atomic E-state index is 15.3. The highest BCUT2D eigenvalue weighted by Gasteiger charge is 2.85. The van der Waals surface area contributed by atoms with Crippen molar-refractivity contribution in [3.05, 3.63) is 0 Å². The average molecular weight is 781 g/mol. The minimum absolute atomic E-state index is 0.0113. The number of fused-ring (bicyclic) bond motifs is 1. The molecule has 1 unspecified atom stereocenters. The molecule has 12 heteroatoms. The summed E-state index contributed by atoms with van der Waals surface area (Å²) in [4.78, 5) is 89.0. The van der Waals surface area contributed by atoms with Crippen molar-refractivity contribution in [2.45, 2.75) is 194 Å². The SMILES string of the molecule is CCC[C@H](NC(=O)C1C[C@@]2(CN1C(=O)[C@@H](NC(=O)[C@](C)(NC(=O)[C@H]1CCCN1CC)C1(C)CCCCC1)C(C)(C)C)C(C)(C)C21CCC1)C(=O)C(=O)NC1CC1. The molecule has 4 N–H and O–H groups in total. The number of nitrogens with zero attached hydrogens (tertiary/aromatic N) is 2. The summed E-state index contributed by atoms with van der Waals surface area (Å²) in [7, 11) is 0. The highest BCUT2D eigenvalue weighted by molar-refractivity contribution is 6.38. The fraction of sp³-hybridized carbons (Fsp3) is 0.864. The van der Waals surface area contributed by atoms with E-state index in [-0.39, 0.29) is 46.1 Å². The third-order valence-electron chi connectivity index (χ3n) is 16.2. The standard InChI is InChI=1S/C44H72N6O6/c1-10-17-29(32(51)36(54)45-28-19-20-28)46-34(52)31-26-44(40(6,7)43(44)23-16-24-43)27-50(31)37(55)33(39(3,4)5)47-38(56)42(9,41(8)21-13-12-14-22-41)48-35(53)30-18-15-25-49(30)11-2/h28-31,33H,10-27H2,1-9H3,(H,45,54)(H,46,52)(H,47,56)(H,48,53)/t29-,30+,31?,33+,42-,44+/m0/s1. The zero-order chi connectivity index (χ0) is 41.1. The van der Waals surface area contributed by atoms with Crippen LogP contribution in [0.3, 0.4) is 0 Å². The van der Waals surface area contributed by atoms with Gasteiger partial charge in [-0.3, -0.25) is 33.7 Å². The van der Waals surface area contributed by atoms with Gasteiger partial charge in [0.05, 0.1) is 12.1 Å². The van der Waals surface area contributed by atoms with Crippen LogP contribution in [0.4, 0.5) is 0 Å². The fourth-order valence-electron chi connectivity index (χ4n) is 11.8. The van der Waals surface area contributed by atoms with Crippen molar-refractivity contribution >= 4 is 35.3 Å². The van der Waals surface area contributed by atoms with E-state index in [1.165, 1.54) is 0 Å². The molecular weight excluding hydrogens is 709 g/mol. The minimum Gasteiger partial charge on any atom is -0.347 e. The molecule has 6 atom stereocenters. The van der Waals surface area contributed by atoms with Crippen LogP contribution in [0.5, 0.6) is 0 Å². The number of Topliss-reactive ketones (excluding diaryl/α,β-unsaturated/α-hetero) is 1. The second-order valence-electron chi connectivity index (χ2n) is 20.6. The normalized spacial score (nSPS) is 29.8. The van der Waals surface area contributed by atoms with E-state index in [1.807, 2.05) is 34.6 Å². The molecular formula is C44H72N6O6. The zero-order valence-electron chi connectivity index (χ0n) is 36.0. The molecule has 6 aliphatic rings. The molecule has 2 aliphatic heterocycles. The van der Waals surface area contributed by atoms with Crippen LogP contribution in [-0.2, 0) is 28.8 Å². The summed E-state index contributed by atoms with van der Waals surface area (Å²) in [5.74, 6) is -2.61. The Labute approximate surface area is 335 Å². The Morgan fingerprint density at radius 3 is 1.96 bits per heavy atom. The number of carbonyl (C=O) groups is 6. The molecule has 2 spiro atoms. The van der Waals surface area contributed by atoms with E-state index in [0.717, 1.165) is 90.1 Å². The number of rotatable bonds is 14. The lowest BCUT2D eigenvalue weighted by atomic mass is 9.62. The van der Waals surface area contributed by atoms with Gasteiger partial charge in [0.15, 0.2) is 0 Å². The first-order valence-corrected chi connectivity index (χ1v) is 22.0. The van der Waals surface area contributed by atoms with Crippen LogP contribution in [0, 0.1) is 27.1 Å². The van der Waals surface area contributed by atoms with E-state index < -0.39 is 52.1 Å². The maximum Gasteiger partial charge on any atom is 0.289 e. The maximum absolute atomic E-state index is 15.3. The Kier molecular flexibility index (Phi) is 11.6. The zero-order valence-corrected chi connectivity index (χ0v) is 36.0. The smallest absolute Gasteiger partial charge is 0.289 e. The molecule has 12 nitrogen and oxygen atoms in total. The largest absolute Gasteiger partial charge is 0.347 e. The molecule has 2 heterocycles. The molecule has 56 heavy (non-hydrogen) atoms. The Balaban J connectivity index is 1.30. The van der Waals surface area contributed by atoms with Crippen molar-refractivity contribution < 1.29 is 28.8 Å². The third kappa shape index (κ3) is 7.09. The molecule has 6 rings (SSSR count). The lowest BCUT2D eigenvalue weighted by Crippen LogP contribution is -2.70. The summed E-state index contributed by atoms with van der Waals surface area (Å²) in [6.45, 7) is 20.2. The van der Waals surface area contributed by atoms with E-state index >= 15 is 9.59 Å². The van der Waals surface area contributed by atoms with Gasteiger partial charge < -0.3 is 26.2 Å². The van der Waals surface area contributed by atoms with Gasteiger partial charge in [-0.2, -0.15) is 0 Å². The summed E-state index contributed by atoms with van der Waals surface area (Å²) in [5.41, 5.74) is -2.92. The second kappa shape index (κ2) is 15.3. The number of likely N-dealkylation sites (N-methyl/N-ethyl adjacent to an activating group) is 1. The van der Waals surface area contributed by atoms with E-state index in [0.29, 0.717) is 25.8 Å². The van der Waals surface area contributed by atoms with Gasteiger partial charge in [0.1, 0.15) is 17.6 Å². The summed E-state index contributed by atoms with van der Waals surface area (Å²) >= 11 is 0. The van der Waals surface area contributed by atoms with Gasteiger partial charge in [-0.05, 0) is 106 Å².